The van der Waals surface area contributed by atoms with Crippen LogP contribution in [0.3, 0.4) is 0 Å². The molecule has 1 aliphatic rings. The summed E-state index contributed by atoms with van der Waals surface area (Å²) >= 11 is 0. The van der Waals surface area contributed by atoms with Gasteiger partial charge in [-0.25, -0.2) is 9.36 Å². The zero-order chi connectivity index (χ0) is 15.9. The minimum Gasteiger partial charge on any atom is -0.463 e. The second kappa shape index (κ2) is 8.69. The zero-order valence-electron chi connectivity index (χ0n) is 13.2. The fourth-order valence-corrected chi connectivity index (χ4v) is 3.63. The van der Waals surface area contributed by atoms with E-state index in [-0.39, 0.29) is 25.7 Å². The summed E-state index contributed by atoms with van der Waals surface area (Å²) in [5, 5.41) is 0. The van der Waals surface area contributed by atoms with Crippen LogP contribution in [-0.4, -0.2) is 31.9 Å². The zero-order valence-corrected chi connectivity index (χ0v) is 14.1. The molecule has 21 heavy (non-hydrogen) atoms. The van der Waals surface area contributed by atoms with Gasteiger partial charge in [0, 0.05) is 0 Å². The van der Waals surface area contributed by atoms with E-state index in [2.05, 4.69) is 0 Å². The van der Waals surface area contributed by atoms with Crippen molar-refractivity contribution in [3.05, 3.63) is 11.6 Å². The number of phosphoric ester groups is 1. The van der Waals surface area contributed by atoms with Crippen LogP contribution in [0.5, 0.6) is 0 Å². The first-order valence-corrected chi connectivity index (χ1v) is 8.88. The molecule has 7 heteroatoms. The summed E-state index contributed by atoms with van der Waals surface area (Å²) < 4.78 is 33.4. The van der Waals surface area contributed by atoms with Gasteiger partial charge in [0.05, 0.1) is 25.4 Å². The first kappa shape index (κ1) is 18.4. The molecule has 6 nitrogen and oxygen atoms in total. The Morgan fingerprint density at radius 3 is 2.38 bits per heavy atom. The second-order valence-corrected chi connectivity index (χ2v) is 6.36. The molecule has 2 atom stereocenters. The molecule has 0 N–H and O–H groups in total. The SMILES string of the molecule is CCOC(=O)C1=CCC[C@@H](C)[C@@H]1OP(=O)(OCC)OCC. The lowest BCUT2D eigenvalue weighted by Gasteiger charge is -2.31. The van der Waals surface area contributed by atoms with Crippen LogP contribution >= 0.6 is 7.82 Å². The van der Waals surface area contributed by atoms with Gasteiger partial charge in [0.25, 0.3) is 0 Å². The minimum absolute atomic E-state index is 0.0312. The molecular formula is C14H25O6P. The van der Waals surface area contributed by atoms with Gasteiger partial charge in [-0.2, -0.15) is 0 Å². The summed E-state index contributed by atoms with van der Waals surface area (Å²) in [6.07, 6.45) is 2.75. The number of hydrogen-bond acceptors (Lipinski definition) is 6. The summed E-state index contributed by atoms with van der Waals surface area (Å²) in [6, 6.07) is 0. The van der Waals surface area contributed by atoms with Gasteiger partial charge in [-0.1, -0.05) is 13.0 Å². The Kier molecular flexibility index (Phi) is 7.60. The van der Waals surface area contributed by atoms with Crippen molar-refractivity contribution in [1.82, 2.24) is 0 Å². The standard InChI is InChI=1S/C14H25O6P/c1-5-17-14(15)12-10-8-9-11(4)13(12)20-21(16,18-6-2)19-7-3/h10-11,13H,5-9H2,1-4H3/t11-,13+/m1/s1. The van der Waals surface area contributed by atoms with Crippen LogP contribution in [0.4, 0.5) is 0 Å². The van der Waals surface area contributed by atoms with E-state index in [4.69, 9.17) is 18.3 Å². The Morgan fingerprint density at radius 1 is 1.24 bits per heavy atom. The molecule has 0 radical (unpaired) electrons. The molecule has 0 bridgehead atoms. The van der Waals surface area contributed by atoms with E-state index in [9.17, 15) is 9.36 Å². The van der Waals surface area contributed by atoms with Gasteiger partial charge in [-0.05, 0) is 39.5 Å². The van der Waals surface area contributed by atoms with Crippen LogP contribution in [0.15, 0.2) is 11.6 Å². The predicted octanol–water partition coefficient (Wildman–Crippen LogP) is 3.47. The van der Waals surface area contributed by atoms with Gasteiger partial charge in [-0.3, -0.25) is 13.6 Å². The molecule has 0 aromatic heterocycles. The summed E-state index contributed by atoms with van der Waals surface area (Å²) in [4.78, 5) is 12.0. The van der Waals surface area contributed by atoms with Gasteiger partial charge in [0.15, 0.2) is 0 Å². The monoisotopic (exact) mass is 320 g/mol. The number of allylic oxidation sites excluding steroid dienone is 1. The largest absolute Gasteiger partial charge is 0.475 e. The maximum absolute atomic E-state index is 12.5. The van der Waals surface area contributed by atoms with Crippen molar-refractivity contribution < 1.29 is 27.7 Å². The lowest BCUT2D eigenvalue weighted by atomic mass is 9.87. The Labute approximate surface area is 126 Å². The van der Waals surface area contributed by atoms with Crippen molar-refractivity contribution in [3.63, 3.8) is 0 Å². The van der Waals surface area contributed by atoms with Gasteiger partial charge in [-0.15, -0.1) is 0 Å². The van der Waals surface area contributed by atoms with Gasteiger partial charge < -0.3 is 4.74 Å². The predicted molar refractivity (Wildman–Crippen MR) is 78.8 cm³/mol. The van der Waals surface area contributed by atoms with E-state index in [0.717, 1.165) is 12.8 Å². The highest BCUT2D eigenvalue weighted by atomic mass is 31.2. The molecule has 0 aromatic rings. The quantitative estimate of drug-likeness (QED) is 0.504. The Morgan fingerprint density at radius 2 is 1.86 bits per heavy atom. The molecule has 0 heterocycles. The number of ether oxygens (including phenoxy) is 1. The fraction of sp³-hybridized carbons (Fsp3) is 0.786. The molecule has 0 aliphatic heterocycles. The Balaban J connectivity index is 2.93. The number of rotatable bonds is 8. The minimum atomic E-state index is -3.67. The third-order valence-electron chi connectivity index (χ3n) is 3.14. The molecule has 0 unspecified atom stereocenters. The summed E-state index contributed by atoms with van der Waals surface area (Å²) in [6.45, 7) is 7.80. The van der Waals surface area contributed by atoms with Crippen molar-refractivity contribution >= 4 is 13.8 Å². The Bertz CT molecular complexity index is 410. The van der Waals surface area contributed by atoms with E-state index in [0.29, 0.717) is 5.57 Å². The smallest absolute Gasteiger partial charge is 0.463 e. The van der Waals surface area contributed by atoms with Crippen LogP contribution in [0.1, 0.15) is 40.5 Å². The van der Waals surface area contributed by atoms with Crippen LogP contribution in [0.2, 0.25) is 0 Å². The number of carbonyl (C=O) groups is 1. The van der Waals surface area contributed by atoms with Crippen LogP contribution in [0, 0.1) is 5.92 Å². The maximum Gasteiger partial charge on any atom is 0.475 e. The third kappa shape index (κ3) is 5.22. The van der Waals surface area contributed by atoms with E-state index < -0.39 is 19.9 Å². The van der Waals surface area contributed by atoms with Crippen molar-refractivity contribution in [3.8, 4) is 0 Å². The molecule has 1 rings (SSSR count). The number of esters is 1. The van der Waals surface area contributed by atoms with E-state index in [1.165, 1.54) is 0 Å². The average molecular weight is 320 g/mol. The topological polar surface area (TPSA) is 71.1 Å². The van der Waals surface area contributed by atoms with E-state index >= 15 is 0 Å². The Hall–Kier alpha value is -0.680. The van der Waals surface area contributed by atoms with Crippen molar-refractivity contribution in [1.29, 1.82) is 0 Å². The molecule has 0 fully saturated rings. The summed E-state index contributed by atoms with van der Waals surface area (Å²) in [7, 11) is -3.67. The lowest BCUT2D eigenvalue weighted by molar-refractivity contribution is -0.140. The third-order valence-corrected chi connectivity index (χ3v) is 4.77. The summed E-state index contributed by atoms with van der Waals surface area (Å²) in [5.74, 6) is -0.405. The van der Waals surface area contributed by atoms with Gasteiger partial charge in [0.1, 0.15) is 6.10 Å². The molecule has 0 amide bonds. The van der Waals surface area contributed by atoms with Crippen molar-refractivity contribution in [2.75, 3.05) is 19.8 Å². The van der Waals surface area contributed by atoms with E-state index in [1.807, 2.05) is 6.92 Å². The van der Waals surface area contributed by atoms with E-state index in [1.54, 1.807) is 26.8 Å². The number of carbonyl (C=O) groups excluding carboxylic acids is 1. The second-order valence-electron chi connectivity index (χ2n) is 4.74. The number of phosphoric acid groups is 1. The molecule has 0 saturated heterocycles. The van der Waals surface area contributed by atoms with Crippen LogP contribution in [0.25, 0.3) is 0 Å². The fourth-order valence-electron chi connectivity index (χ4n) is 2.20. The van der Waals surface area contributed by atoms with Crippen molar-refractivity contribution in [2.24, 2.45) is 5.92 Å². The average Bonchev–Trinajstić information content (AvgIpc) is 2.41. The molecular weight excluding hydrogens is 295 g/mol. The van der Waals surface area contributed by atoms with Crippen LogP contribution in [-0.2, 0) is 27.7 Å². The first-order valence-electron chi connectivity index (χ1n) is 7.42. The number of hydrogen-bond donors (Lipinski definition) is 0. The van der Waals surface area contributed by atoms with Gasteiger partial charge in [0.2, 0.25) is 0 Å². The first-order chi connectivity index (χ1) is 9.97. The van der Waals surface area contributed by atoms with Crippen molar-refractivity contribution in [2.45, 2.75) is 46.6 Å². The maximum atomic E-state index is 12.5. The molecule has 1 aliphatic carbocycles. The highest BCUT2D eigenvalue weighted by Crippen LogP contribution is 2.52. The molecule has 0 spiro atoms. The highest BCUT2D eigenvalue weighted by Gasteiger charge is 2.38. The van der Waals surface area contributed by atoms with Gasteiger partial charge >= 0.3 is 13.8 Å². The highest BCUT2D eigenvalue weighted by molar-refractivity contribution is 7.48. The molecule has 0 aromatic carbocycles. The summed E-state index contributed by atoms with van der Waals surface area (Å²) in [5.41, 5.74) is 0.398. The molecule has 0 saturated carbocycles. The normalized spacial score (nSPS) is 22.8. The molecule has 122 valence electrons. The lowest BCUT2D eigenvalue weighted by Crippen LogP contribution is -2.31. The van der Waals surface area contributed by atoms with Crippen LogP contribution < -0.4 is 0 Å².